The molecule has 3 aromatic carbocycles. The molecule has 0 aliphatic carbocycles. The number of aromatic nitrogens is 3. The molecule has 7 nitrogen and oxygen atoms in total. The van der Waals surface area contributed by atoms with E-state index in [2.05, 4.69) is 15.5 Å². The van der Waals surface area contributed by atoms with Crippen LogP contribution in [0.4, 0.5) is 5.69 Å². The van der Waals surface area contributed by atoms with Crippen molar-refractivity contribution in [2.75, 3.05) is 12.4 Å². The average Bonchev–Trinajstić information content (AvgIpc) is 3.27. The molecule has 0 spiro atoms. The average molecular weight is 475 g/mol. The predicted molar refractivity (Wildman–Crippen MR) is 134 cm³/mol. The zero-order valence-electron chi connectivity index (χ0n) is 19.3. The van der Waals surface area contributed by atoms with Gasteiger partial charge in [0, 0.05) is 11.4 Å². The Balaban J connectivity index is 1.53. The number of para-hydroxylation sites is 2. The molecular weight excluding hydrogens is 448 g/mol. The summed E-state index contributed by atoms with van der Waals surface area (Å²) < 4.78 is 13.1. The summed E-state index contributed by atoms with van der Waals surface area (Å²) in [4.78, 5) is 12.9. The summed E-state index contributed by atoms with van der Waals surface area (Å²) >= 11 is 1.35. The zero-order valence-corrected chi connectivity index (χ0v) is 20.1. The lowest BCUT2D eigenvalue weighted by molar-refractivity contribution is -0.115. The molecule has 1 atom stereocenters. The van der Waals surface area contributed by atoms with Crippen LogP contribution < -0.4 is 14.8 Å². The minimum absolute atomic E-state index is 0.0991. The first kappa shape index (κ1) is 23.4. The molecule has 1 amide bonds. The largest absolute Gasteiger partial charge is 0.497 e. The van der Waals surface area contributed by atoms with E-state index in [0.717, 1.165) is 22.7 Å². The van der Waals surface area contributed by atoms with Gasteiger partial charge in [-0.3, -0.25) is 9.36 Å². The van der Waals surface area contributed by atoms with Crippen molar-refractivity contribution in [3.05, 3.63) is 90.3 Å². The summed E-state index contributed by atoms with van der Waals surface area (Å²) in [6.07, 6.45) is 0. The summed E-state index contributed by atoms with van der Waals surface area (Å²) in [6.45, 7) is 4.04. The molecule has 0 aliphatic rings. The van der Waals surface area contributed by atoms with Crippen LogP contribution in [0.25, 0.3) is 5.69 Å². The van der Waals surface area contributed by atoms with E-state index >= 15 is 0 Å². The fourth-order valence-corrected chi connectivity index (χ4v) is 4.17. The number of aryl methyl sites for hydroxylation is 1. The number of carbonyl (C=O) groups is 1. The molecule has 34 heavy (non-hydrogen) atoms. The first-order valence-corrected chi connectivity index (χ1v) is 11.7. The van der Waals surface area contributed by atoms with E-state index < -0.39 is 0 Å². The van der Waals surface area contributed by atoms with Crippen LogP contribution in [0.3, 0.4) is 0 Å². The molecule has 0 saturated carbocycles. The van der Waals surface area contributed by atoms with E-state index in [-0.39, 0.29) is 17.8 Å². The van der Waals surface area contributed by atoms with Crippen molar-refractivity contribution in [2.24, 2.45) is 0 Å². The Morgan fingerprint density at radius 1 is 0.971 bits per heavy atom. The lowest BCUT2D eigenvalue weighted by Gasteiger charge is -2.15. The lowest BCUT2D eigenvalue weighted by Crippen LogP contribution is -2.23. The molecule has 0 radical (unpaired) electrons. The van der Waals surface area contributed by atoms with Crippen molar-refractivity contribution in [1.82, 2.24) is 14.8 Å². The molecule has 1 aromatic heterocycles. The summed E-state index contributed by atoms with van der Waals surface area (Å²) in [5.41, 5.74) is 2.71. The molecule has 1 heterocycles. The van der Waals surface area contributed by atoms with Crippen LogP contribution in [0.15, 0.2) is 84.0 Å². The van der Waals surface area contributed by atoms with E-state index in [4.69, 9.17) is 9.47 Å². The molecule has 0 bridgehead atoms. The molecule has 0 aliphatic heterocycles. The molecule has 0 saturated heterocycles. The SMILES string of the molecule is COc1ccc(OCc2nnc(S[C@@H](C)C(=O)Nc3ccccc3C)n2-c2ccccc2)cc1. The van der Waals surface area contributed by atoms with Gasteiger partial charge in [-0.05, 0) is 61.9 Å². The van der Waals surface area contributed by atoms with Gasteiger partial charge in [0.1, 0.15) is 18.1 Å². The zero-order chi connectivity index (χ0) is 23.9. The van der Waals surface area contributed by atoms with Gasteiger partial charge in [0.15, 0.2) is 11.0 Å². The number of carbonyl (C=O) groups excluding carboxylic acids is 1. The third-order valence-corrected chi connectivity index (χ3v) is 6.24. The Labute approximate surface area is 203 Å². The molecule has 1 N–H and O–H groups in total. The highest BCUT2D eigenvalue weighted by Crippen LogP contribution is 2.28. The van der Waals surface area contributed by atoms with Crippen molar-refractivity contribution in [3.63, 3.8) is 0 Å². The maximum Gasteiger partial charge on any atom is 0.237 e. The second kappa shape index (κ2) is 10.9. The first-order valence-electron chi connectivity index (χ1n) is 10.8. The van der Waals surface area contributed by atoms with Crippen LogP contribution in [0.1, 0.15) is 18.3 Å². The van der Waals surface area contributed by atoms with E-state index in [1.165, 1.54) is 11.8 Å². The standard InChI is InChI=1S/C26H26N4O3S/c1-18-9-7-8-12-23(18)27-25(31)19(2)34-26-29-28-24(30(26)20-10-5-4-6-11-20)17-33-22-15-13-21(32-3)14-16-22/h4-16,19H,17H2,1-3H3,(H,27,31)/t19-/m0/s1. The van der Waals surface area contributed by atoms with Crippen LogP contribution in [-0.2, 0) is 11.4 Å². The quantitative estimate of drug-likeness (QED) is 0.333. The number of hydrogen-bond donors (Lipinski definition) is 1. The van der Waals surface area contributed by atoms with E-state index in [1.807, 2.05) is 97.3 Å². The fraction of sp³-hybridized carbons (Fsp3) is 0.192. The van der Waals surface area contributed by atoms with Gasteiger partial charge in [-0.25, -0.2) is 0 Å². The topological polar surface area (TPSA) is 78.3 Å². The number of methoxy groups -OCH3 is 1. The van der Waals surface area contributed by atoms with Crippen molar-refractivity contribution in [2.45, 2.75) is 30.9 Å². The Morgan fingerprint density at radius 2 is 1.65 bits per heavy atom. The molecule has 0 unspecified atom stereocenters. The molecule has 0 fully saturated rings. The number of thioether (sulfide) groups is 1. The van der Waals surface area contributed by atoms with Gasteiger partial charge in [-0.1, -0.05) is 48.2 Å². The summed E-state index contributed by atoms with van der Waals surface area (Å²) in [6, 6.07) is 24.9. The minimum atomic E-state index is -0.387. The van der Waals surface area contributed by atoms with Gasteiger partial charge < -0.3 is 14.8 Å². The molecule has 174 valence electrons. The number of rotatable bonds is 9. The van der Waals surface area contributed by atoms with Gasteiger partial charge in [0.05, 0.1) is 12.4 Å². The van der Waals surface area contributed by atoms with Gasteiger partial charge >= 0.3 is 0 Å². The number of nitrogens with zero attached hydrogens (tertiary/aromatic N) is 3. The Bertz CT molecular complexity index is 1240. The summed E-state index contributed by atoms with van der Waals surface area (Å²) in [5.74, 6) is 1.99. The number of anilines is 1. The number of nitrogens with one attached hydrogen (secondary N) is 1. The van der Waals surface area contributed by atoms with Gasteiger partial charge in [-0.2, -0.15) is 0 Å². The van der Waals surface area contributed by atoms with E-state index in [0.29, 0.717) is 16.7 Å². The first-order chi connectivity index (χ1) is 16.5. The fourth-order valence-electron chi connectivity index (χ4n) is 3.29. The highest BCUT2D eigenvalue weighted by Gasteiger charge is 2.22. The van der Waals surface area contributed by atoms with Crippen molar-refractivity contribution < 1.29 is 14.3 Å². The van der Waals surface area contributed by atoms with E-state index in [1.54, 1.807) is 7.11 Å². The maximum absolute atomic E-state index is 12.9. The Morgan fingerprint density at radius 3 is 2.35 bits per heavy atom. The Kier molecular flexibility index (Phi) is 7.49. The van der Waals surface area contributed by atoms with Gasteiger partial charge in [0.25, 0.3) is 0 Å². The van der Waals surface area contributed by atoms with Gasteiger partial charge in [-0.15, -0.1) is 10.2 Å². The highest BCUT2D eigenvalue weighted by molar-refractivity contribution is 8.00. The third-order valence-electron chi connectivity index (χ3n) is 5.20. The van der Waals surface area contributed by atoms with Crippen molar-refractivity contribution in [1.29, 1.82) is 0 Å². The van der Waals surface area contributed by atoms with Crippen LogP contribution in [0, 0.1) is 6.92 Å². The number of ether oxygens (including phenoxy) is 2. The molecular formula is C26H26N4O3S. The smallest absolute Gasteiger partial charge is 0.237 e. The van der Waals surface area contributed by atoms with Crippen LogP contribution >= 0.6 is 11.8 Å². The van der Waals surface area contributed by atoms with Crippen molar-refractivity contribution in [3.8, 4) is 17.2 Å². The predicted octanol–water partition coefficient (Wildman–Crippen LogP) is 5.28. The van der Waals surface area contributed by atoms with Crippen molar-refractivity contribution >= 4 is 23.4 Å². The maximum atomic E-state index is 12.9. The second-order valence-electron chi connectivity index (χ2n) is 7.60. The van der Waals surface area contributed by atoms with E-state index in [9.17, 15) is 4.79 Å². The second-order valence-corrected chi connectivity index (χ2v) is 8.91. The van der Waals surface area contributed by atoms with Gasteiger partial charge in [0.2, 0.25) is 5.91 Å². The molecule has 8 heteroatoms. The summed E-state index contributed by atoms with van der Waals surface area (Å²) in [7, 11) is 1.62. The van der Waals surface area contributed by atoms with Crippen LogP contribution in [0.2, 0.25) is 0 Å². The number of benzene rings is 3. The lowest BCUT2D eigenvalue weighted by atomic mass is 10.2. The minimum Gasteiger partial charge on any atom is -0.497 e. The third kappa shape index (κ3) is 5.58. The number of amides is 1. The molecule has 4 aromatic rings. The molecule has 4 rings (SSSR count). The highest BCUT2D eigenvalue weighted by atomic mass is 32.2. The summed E-state index contributed by atoms with van der Waals surface area (Å²) in [5, 5.41) is 12.0. The number of hydrogen-bond acceptors (Lipinski definition) is 6. The monoisotopic (exact) mass is 474 g/mol. The van der Waals surface area contributed by atoms with Crippen LogP contribution in [0.5, 0.6) is 11.5 Å². The normalized spacial score (nSPS) is 11.6. The Hall–Kier alpha value is -3.78. The van der Waals surface area contributed by atoms with Crippen LogP contribution in [-0.4, -0.2) is 33.0 Å².